The van der Waals surface area contributed by atoms with E-state index in [9.17, 15) is 0 Å². The Morgan fingerprint density at radius 1 is 1.17 bits per heavy atom. The van der Waals surface area contributed by atoms with Gasteiger partial charge in [-0.3, -0.25) is 0 Å². The first-order valence-corrected chi connectivity index (χ1v) is 5.51. The zero-order valence-corrected chi connectivity index (χ0v) is 8.60. The van der Waals surface area contributed by atoms with E-state index in [-0.39, 0.29) is 0 Å². The summed E-state index contributed by atoms with van der Waals surface area (Å²) in [6.07, 6.45) is 14.5. The molecule has 0 aromatic carbocycles. The van der Waals surface area contributed by atoms with E-state index in [1.165, 1.54) is 44.9 Å². The molecule has 0 aromatic rings. The molecule has 0 aromatic heterocycles. The first-order chi connectivity index (χ1) is 5.83. The first-order valence-electron chi connectivity index (χ1n) is 5.51. The summed E-state index contributed by atoms with van der Waals surface area (Å²) < 4.78 is 0. The van der Waals surface area contributed by atoms with Crippen LogP contribution in [0.5, 0.6) is 0 Å². The van der Waals surface area contributed by atoms with Crippen molar-refractivity contribution in [3.05, 3.63) is 12.2 Å². The van der Waals surface area contributed by atoms with Gasteiger partial charge in [-0.05, 0) is 37.5 Å². The van der Waals surface area contributed by atoms with Crippen LogP contribution in [-0.2, 0) is 0 Å². The van der Waals surface area contributed by atoms with Crippen molar-refractivity contribution in [3.63, 3.8) is 0 Å². The fourth-order valence-electron chi connectivity index (χ4n) is 2.53. The molecule has 12 heavy (non-hydrogen) atoms. The molecule has 0 fully saturated rings. The standard InChI is InChI=1S/C12H22/c1-3-8-12(9-4-2)10-6-5-7-11-12/h6,10H,3-5,7-9,11H2,1-2H3. The first kappa shape index (κ1) is 9.83. The van der Waals surface area contributed by atoms with Crippen LogP contribution in [0.2, 0.25) is 0 Å². The van der Waals surface area contributed by atoms with Crippen molar-refractivity contribution in [3.8, 4) is 0 Å². The molecular weight excluding hydrogens is 144 g/mol. The van der Waals surface area contributed by atoms with Crippen LogP contribution in [0.1, 0.15) is 58.8 Å². The van der Waals surface area contributed by atoms with Crippen molar-refractivity contribution in [2.75, 3.05) is 0 Å². The maximum atomic E-state index is 2.50. The minimum absolute atomic E-state index is 0.599. The van der Waals surface area contributed by atoms with Crippen molar-refractivity contribution in [1.82, 2.24) is 0 Å². The Balaban J connectivity index is 2.56. The molecule has 0 spiro atoms. The van der Waals surface area contributed by atoms with Crippen molar-refractivity contribution >= 4 is 0 Å². The SMILES string of the molecule is CCCC1(CCC)C=CCCC1. The third kappa shape index (κ3) is 2.36. The highest BCUT2D eigenvalue weighted by Gasteiger charge is 2.25. The summed E-state index contributed by atoms with van der Waals surface area (Å²) in [7, 11) is 0. The molecule has 0 saturated heterocycles. The van der Waals surface area contributed by atoms with Crippen LogP contribution in [0.15, 0.2) is 12.2 Å². The molecule has 0 heterocycles. The van der Waals surface area contributed by atoms with E-state index in [0.717, 1.165) is 0 Å². The Bertz CT molecular complexity index is 138. The Labute approximate surface area is 77.1 Å². The lowest BCUT2D eigenvalue weighted by Gasteiger charge is -2.32. The second-order valence-electron chi connectivity index (χ2n) is 4.16. The number of hydrogen-bond donors (Lipinski definition) is 0. The highest BCUT2D eigenvalue weighted by Crippen LogP contribution is 2.39. The molecule has 0 nitrogen and oxygen atoms in total. The Morgan fingerprint density at radius 2 is 1.83 bits per heavy atom. The van der Waals surface area contributed by atoms with E-state index in [0.29, 0.717) is 5.41 Å². The number of rotatable bonds is 4. The summed E-state index contributed by atoms with van der Waals surface area (Å²) in [6, 6.07) is 0. The topological polar surface area (TPSA) is 0 Å². The molecule has 70 valence electrons. The van der Waals surface area contributed by atoms with Crippen LogP contribution in [0.4, 0.5) is 0 Å². The van der Waals surface area contributed by atoms with Gasteiger partial charge in [-0.2, -0.15) is 0 Å². The van der Waals surface area contributed by atoms with E-state index in [4.69, 9.17) is 0 Å². The Kier molecular flexibility index (Phi) is 3.84. The van der Waals surface area contributed by atoms with Gasteiger partial charge in [0.2, 0.25) is 0 Å². The van der Waals surface area contributed by atoms with Gasteiger partial charge < -0.3 is 0 Å². The van der Waals surface area contributed by atoms with Crippen molar-refractivity contribution in [2.45, 2.75) is 58.8 Å². The predicted octanol–water partition coefficient (Wildman–Crippen LogP) is 4.31. The van der Waals surface area contributed by atoms with Gasteiger partial charge in [0.1, 0.15) is 0 Å². The zero-order chi connectivity index (χ0) is 8.86. The van der Waals surface area contributed by atoms with E-state index in [2.05, 4.69) is 26.0 Å². The summed E-state index contributed by atoms with van der Waals surface area (Å²) in [4.78, 5) is 0. The molecule has 1 aliphatic rings. The normalized spacial score (nSPS) is 21.2. The smallest absolute Gasteiger partial charge is 0.0118 e. The molecule has 0 amide bonds. The minimum atomic E-state index is 0.599. The monoisotopic (exact) mass is 166 g/mol. The average molecular weight is 166 g/mol. The van der Waals surface area contributed by atoms with E-state index in [1.807, 2.05) is 0 Å². The van der Waals surface area contributed by atoms with Gasteiger partial charge >= 0.3 is 0 Å². The lowest BCUT2D eigenvalue weighted by molar-refractivity contribution is 0.274. The maximum absolute atomic E-state index is 2.50. The van der Waals surface area contributed by atoms with Crippen molar-refractivity contribution in [2.24, 2.45) is 5.41 Å². The molecule has 0 unspecified atom stereocenters. The van der Waals surface area contributed by atoms with Crippen LogP contribution in [-0.4, -0.2) is 0 Å². The number of allylic oxidation sites excluding steroid dienone is 2. The molecule has 1 aliphatic carbocycles. The highest BCUT2D eigenvalue weighted by atomic mass is 14.3. The van der Waals surface area contributed by atoms with Crippen LogP contribution >= 0.6 is 0 Å². The zero-order valence-electron chi connectivity index (χ0n) is 8.60. The van der Waals surface area contributed by atoms with E-state index >= 15 is 0 Å². The minimum Gasteiger partial charge on any atom is -0.0880 e. The Hall–Kier alpha value is -0.260. The van der Waals surface area contributed by atoms with Gasteiger partial charge in [0.15, 0.2) is 0 Å². The molecule has 0 aliphatic heterocycles. The number of hydrogen-bond acceptors (Lipinski definition) is 0. The summed E-state index contributed by atoms with van der Waals surface area (Å²) in [5.74, 6) is 0. The molecule has 1 rings (SSSR count). The van der Waals surface area contributed by atoms with Gasteiger partial charge in [0.05, 0.1) is 0 Å². The van der Waals surface area contributed by atoms with Crippen molar-refractivity contribution in [1.29, 1.82) is 0 Å². The largest absolute Gasteiger partial charge is 0.0880 e. The molecule has 0 N–H and O–H groups in total. The van der Waals surface area contributed by atoms with Gasteiger partial charge in [0, 0.05) is 0 Å². The Morgan fingerprint density at radius 3 is 2.25 bits per heavy atom. The average Bonchev–Trinajstić information content (AvgIpc) is 2.07. The second kappa shape index (κ2) is 4.69. The lowest BCUT2D eigenvalue weighted by Crippen LogP contribution is -2.19. The van der Waals surface area contributed by atoms with Crippen molar-refractivity contribution < 1.29 is 0 Å². The summed E-state index contributed by atoms with van der Waals surface area (Å²) in [5, 5.41) is 0. The van der Waals surface area contributed by atoms with Crippen LogP contribution in [0, 0.1) is 5.41 Å². The maximum Gasteiger partial charge on any atom is -0.0118 e. The predicted molar refractivity (Wildman–Crippen MR) is 55.2 cm³/mol. The summed E-state index contributed by atoms with van der Waals surface area (Å²) in [5.41, 5.74) is 0.599. The fraction of sp³-hybridized carbons (Fsp3) is 0.833. The second-order valence-corrected chi connectivity index (χ2v) is 4.16. The third-order valence-electron chi connectivity index (χ3n) is 3.01. The van der Waals surface area contributed by atoms with Gasteiger partial charge in [-0.15, -0.1) is 0 Å². The molecule has 0 heteroatoms. The summed E-state index contributed by atoms with van der Waals surface area (Å²) >= 11 is 0. The molecule has 0 bridgehead atoms. The lowest BCUT2D eigenvalue weighted by atomic mass is 9.73. The van der Waals surface area contributed by atoms with Crippen LogP contribution in [0.3, 0.4) is 0 Å². The van der Waals surface area contributed by atoms with Gasteiger partial charge in [-0.25, -0.2) is 0 Å². The van der Waals surface area contributed by atoms with Gasteiger partial charge in [0.25, 0.3) is 0 Å². The van der Waals surface area contributed by atoms with E-state index in [1.54, 1.807) is 0 Å². The molecule has 0 saturated carbocycles. The van der Waals surface area contributed by atoms with E-state index < -0.39 is 0 Å². The molecular formula is C12H22. The van der Waals surface area contributed by atoms with Gasteiger partial charge in [-0.1, -0.05) is 38.8 Å². The fourth-order valence-corrected chi connectivity index (χ4v) is 2.53. The highest BCUT2D eigenvalue weighted by molar-refractivity contribution is 5.03. The van der Waals surface area contributed by atoms with Crippen LogP contribution in [0.25, 0.3) is 0 Å². The van der Waals surface area contributed by atoms with Crippen LogP contribution < -0.4 is 0 Å². The molecule has 0 atom stereocenters. The molecule has 0 radical (unpaired) electrons. The third-order valence-corrected chi connectivity index (χ3v) is 3.01. The summed E-state index contributed by atoms with van der Waals surface area (Å²) in [6.45, 7) is 4.61. The quantitative estimate of drug-likeness (QED) is 0.546.